The van der Waals surface area contributed by atoms with Crippen LogP contribution in [0.2, 0.25) is 0 Å². The van der Waals surface area contributed by atoms with Crippen molar-refractivity contribution in [2.45, 2.75) is 53.2 Å². The van der Waals surface area contributed by atoms with Gasteiger partial charge in [0.05, 0.1) is 6.26 Å². The highest BCUT2D eigenvalue weighted by molar-refractivity contribution is 6.02. The largest absolute Gasteiger partial charge is 0.459 e. The molecule has 1 heterocycles. The van der Waals surface area contributed by atoms with Gasteiger partial charge in [0.15, 0.2) is 5.76 Å². The second-order valence-electron chi connectivity index (χ2n) is 8.39. The van der Waals surface area contributed by atoms with E-state index in [1.54, 1.807) is 12.1 Å². The van der Waals surface area contributed by atoms with Crippen molar-refractivity contribution in [2.75, 3.05) is 24.3 Å². The maximum absolute atomic E-state index is 12.9. The third kappa shape index (κ3) is 6.02. The lowest BCUT2D eigenvalue weighted by atomic mass is 10.0. The first kappa shape index (κ1) is 23.3. The molecule has 7 nitrogen and oxygen atoms in total. The van der Waals surface area contributed by atoms with Crippen molar-refractivity contribution in [2.24, 2.45) is 5.92 Å². The molecule has 1 aromatic heterocycles. The Morgan fingerprint density at radius 2 is 1.77 bits per heavy atom. The minimum absolute atomic E-state index is 0.0418. The molecule has 2 N–H and O–H groups in total. The SMILES string of the molecule is CC(C)NC(=O)N(Cc1cc(NC(=O)c2ccco2)ccc1N(C)C)[C@@H](C)C(C)C. The standard InChI is InChI=1S/C23H34N4O3/c1-15(2)17(5)27(23(29)24-16(3)4)14-18-13-19(10-11-20(18)26(6)7)25-22(28)21-9-8-12-30-21/h8-13,15-17H,14H2,1-7H3,(H,24,29)(H,25,28)/t17-/m0/s1. The van der Waals surface area contributed by atoms with Gasteiger partial charge in [0.25, 0.3) is 5.91 Å². The quantitative estimate of drug-likeness (QED) is 0.664. The number of furan rings is 1. The number of carbonyl (C=O) groups excluding carboxylic acids is 2. The molecule has 2 aromatic rings. The Kier molecular flexibility index (Phi) is 7.92. The van der Waals surface area contributed by atoms with E-state index in [1.807, 2.05) is 55.9 Å². The fraction of sp³-hybridized carbons (Fsp3) is 0.478. The van der Waals surface area contributed by atoms with E-state index >= 15 is 0 Å². The van der Waals surface area contributed by atoms with Crippen LogP contribution in [-0.4, -0.2) is 43.0 Å². The predicted octanol–water partition coefficient (Wildman–Crippen LogP) is 4.56. The van der Waals surface area contributed by atoms with Gasteiger partial charge in [-0.1, -0.05) is 13.8 Å². The van der Waals surface area contributed by atoms with Crippen LogP contribution < -0.4 is 15.5 Å². The van der Waals surface area contributed by atoms with Gasteiger partial charge in [-0.25, -0.2) is 4.79 Å². The van der Waals surface area contributed by atoms with Crippen molar-refractivity contribution < 1.29 is 14.0 Å². The number of hydrogen-bond acceptors (Lipinski definition) is 4. The number of nitrogens with one attached hydrogen (secondary N) is 2. The van der Waals surface area contributed by atoms with Gasteiger partial charge < -0.3 is 24.9 Å². The number of amides is 3. The van der Waals surface area contributed by atoms with E-state index in [-0.39, 0.29) is 29.8 Å². The van der Waals surface area contributed by atoms with E-state index < -0.39 is 0 Å². The topological polar surface area (TPSA) is 77.8 Å². The molecule has 0 unspecified atom stereocenters. The highest BCUT2D eigenvalue weighted by atomic mass is 16.3. The summed E-state index contributed by atoms with van der Waals surface area (Å²) in [6.45, 7) is 10.6. The van der Waals surface area contributed by atoms with Crippen molar-refractivity contribution in [3.63, 3.8) is 0 Å². The smallest absolute Gasteiger partial charge is 0.318 e. The van der Waals surface area contributed by atoms with Crippen molar-refractivity contribution in [1.82, 2.24) is 10.2 Å². The summed E-state index contributed by atoms with van der Waals surface area (Å²) >= 11 is 0. The minimum Gasteiger partial charge on any atom is -0.459 e. The summed E-state index contributed by atoms with van der Waals surface area (Å²) in [5.41, 5.74) is 2.59. The zero-order chi connectivity index (χ0) is 22.4. The number of urea groups is 1. The zero-order valence-electron chi connectivity index (χ0n) is 19.0. The summed E-state index contributed by atoms with van der Waals surface area (Å²) in [5.74, 6) is 0.237. The van der Waals surface area contributed by atoms with E-state index in [4.69, 9.17) is 4.42 Å². The van der Waals surface area contributed by atoms with Crippen LogP contribution in [0.1, 0.15) is 50.7 Å². The maximum atomic E-state index is 12.9. The van der Waals surface area contributed by atoms with Gasteiger partial charge in [-0.3, -0.25) is 4.79 Å². The van der Waals surface area contributed by atoms with Gasteiger partial charge in [-0.05, 0) is 62.6 Å². The monoisotopic (exact) mass is 414 g/mol. The molecule has 0 bridgehead atoms. The molecule has 0 aliphatic carbocycles. The summed E-state index contributed by atoms with van der Waals surface area (Å²) in [4.78, 5) is 29.1. The van der Waals surface area contributed by atoms with Crippen LogP contribution in [0.25, 0.3) is 0 Å². The van der Waals surface area contributed by atoms with Gasteiger partial charge in [0, 0.05) is 44.1 Å². The zero-order valence-corrected chi connectivity index (χ0v) is 19.0. The van der Waals surface area contributed by atoms with Gasteiger partial charge in [-0.2, -0.15) is 0 Å². The second-order valence-corrected chi connectivity index (χ2v) is 8.39. The van der Waals surface area contributed by atoms with E-state index in [9.17, 15) is 9.59 Å². The number of rotatable bonds is 8. The molecule has 0 fully saturated rings. The number of hydrogen-bond donors (Lipinski definition) is 2. The molecule has 0 saturated carbocycles. The summed E-state index contributed by atoms with van der Waals surface area (Å²) in [5, 5.41) is 5.87. The Bertz CT molecular complexity index is 844. The highest BCUT2D eigenvalue weighted by Gasteiger charge is 2.25. The van der Waals surface area contributed by atoms with Crippen molar-refractivity contribution in [3.8, 4) is 0 Å². The first-order chi connectivity index (χ1) is 14.1. The summed E-state index contributed by atoms with van der Waals surface area (Å²) < 4.78 is 5.17. The first-order valence-corrected chi connectivity index (χ1v) is 10.3. The van der Waals surface area contributed by atoms with Crippen molar-refractivity contribution >= 4 is 23.3 Å². The van der Waals surface area contributed by atoms with Gasteiger partial charge in [0.2, 0.25) is 0 Å². The van der Waals surface area contributed by atoms with E-state index in [1.165, 1.54) is 6.26 Å². The molecule has 0 saturated heterocycles. The number of carbonyl (C=O) groups is 2. The van der Waals surface area contributed by atoms with Crippen LogP contribution in [0.15, 0.2) is 41.0 Å². The number of anilines is 2. The third-order valence-electron chi connectivity index (χ3n) is 5.03. The van der Waals surface area contributed by atoms with E-state index in [0.717, 1.165) is 11.3 Å². The molecule has 1 atom stereocenters. The molecule has 2 rings (SSSR count). The lowest BCUT2D eigenvalue weighted by Gasteiger charge is -2.34. The normalized spacial score (nSPS) is 12.0. The Balaban J connectivity index is 2.34. The molecular formula is C23H34N4O3. The maximum Gasteiger partial charge on any atom is 0.318 e. The predicted molar refractivity (Wildman–Crippen MR) is 121 cm³/mol. The van der Waals surface area contributed by atoms with E-state index in [2.05, 4.69) is 31.4 Å². The van der Waals surface area contributed by atoms with Gasteiger partial charge in [0.1, 0.15) is 0 Å². The molecule has 164 valence electrons. The lowest BCUT2D eigenvalue weighted by Crippen LogP contribution is -2.48. The molecular weight excluding hydrogens is 380 g/mol. The molecule has 0 radical (unpaired) electrons. The Morgan fingerprint density at radius 3 is 2.30 bits per heavy atom. The minimum atomic E-state index is -0.312. The van der Waals surface area contributed by atoms with Crippen molar-refractivity contribution in [1.29, 1.82) is 0 Å². The average molecular weight is 415 g/mol. The molecule has 7 heteroatoms. The number of nitrogens with zero attached hydrogens (tertiary/aromatic N) is 2. The first-order valence-electron chi connectivity index (χ1n) is 10.3. The average Bonchev–Trinajstić information content (AvgIpc) is 3.19. The molecule has 30 heavy (non-hydrogen) atoms. The summed E-state index contributed by atoms with van der Waals surface area (Å²) in [6, 6.07) is 9.00. The second kappa shape index (κ2) is 10.2. The Morgan fingerprint density at radius 1 is 1.07 bits per heavy atom. The van der Waals surface area contributed by atoms with Crippen LogP contribution in [-0.2, 0) is 6.54 Å². The van der Waals surface area contributed by atoms with Crippen LogP contribution in [0.3, 0.4) is 0 Å². The molecule has 3 amide bonds. The van der Waals surface area contributed by atoms with E-state index in [0.29, 0.717) is 18.2 Å². The van der Waals surface area contributed by atoms with Gasteiger partial charge in [-0.15, -0.1) is 0 Å². The molecule has 0 spiro atoms. The van der Waals surface area contributed by atoms with Crippen molar-refractivity contribution in [3.05, 3.63) is 47.9 Å². The molecule has 0 aliphatic heterocycles. The van der Waals surface area contributed by atoms with Crippen LogP contribution in [0.5, 0.6) is 0 Å². The van der Waals surface area contributed by atoms with Crippen LogP contribution >= 0.6 is 0 Å². The summed E-state index contributed by atoms with van der Waals surface area (Å²) in [7, 11) is 3.93. The Labute approximate surface area is 179 Å². The van der Waals surface area contributed by atoms with Crippen LogP contribution in [0.4, 0.5) is 16.2 Å². The third-order valence-corrected chi connectivity index (χ3v) is 5.03. The fourth-order valence-electron chi connectivity index (χ4n) is 3.10. The lowest BCUT2D eigenvalue weighted by molar-refractivity contribution is 0.0996. The van der Waals surface area contributed by atoms with Crippen LogP contribution in [0, 0.1) is 5.92 Å². The molecule has 1 aromatic carbocycles. The fourth-order valence-corrected chi connectivity index (χ4v) is 3.10. The summed E-state index contributed by atoms with van der Waals surface area (Å²) in [6.07, 6.45) is 1.47. The number of benzene rings is 1. The van der Waals surface area contributed by atoms with Gasteiger partial charge >= 0.3 is 6.03 Å². The highest BCUT2D eigenvalue weighted by Crippen LogP contribution is 2.26. The Hall–Kier alpha value is -2.96. The molecule has 0 aliphatic rings.